The number of thioether (sulfide) groups is 1. The summed E-state index contributed by atoms with van der Waals surface area (Å²) in [4.78, 5) is 0. The van der Waals surface area contributed by atoms with E-state index in [9.17, 15) is 16.8 Å². The molecule has 0 N–H and O–H groups in total. The SMILES string of the molecule is O=S1(=O)CC(Cl)C(SC2CS(=O)(=O)CC2Cl)C1. The lowest BCUT2D eigenvalue weighted by Crippen LogP contribution is -2.24. The molecule has 0 aromatic heterocycles. The minimum absolute atomic E-state index is 0.0198. The Morgan fingerprint density at radius 1 is 0.765 bits per heavy atom. The van der Waals surface area contributed by atoms with Gasteiger partial charge in [0.2, 0.25) is 0 Å². The summed E-state index contributed by atoms with van der Waals surface area (Å²) in [5, 5.41) is -1.39. The number of halogens is 2. The molecule has 0 aromatic rings. The summed E-state index contributed by atoms with van der Waals surface area (Å²) < 4.78 is 45.5. The highest BCUT2D eigenvalue weighted by Gasteiger charge is 2.43. The van der Waals surface area contributed by atoms with E-state index in [4.69, 9.17) is 23.2 Å². The average Bonchev–Trinajstić information content (AvgIpc) is 2.50. The van der Waals surface area contributed by atoms with Gasteiger partial charge in [0.05, 0.1) is 33.8 Å². The van der Waals surface area contributed by atoms with Crippen LogP contribution in [-0.4, -0.2) is 61.1 Å². The zero-order chi connectivity index (χ0) is 12.8. The molecule has 2 fully saturated rings. The van der Waals surface area contributed by atoms with E-state index in [-0.39, 0.29) is 33.5 Å². The van der Waals surface area contributed by atoms with Crippen molar-refractivity contribution in [3.63, 3.8) is 0 Å². The summed E-state index contributed by atoms with van der Waals surface area (Å²) in [7, 11) is -6.16. The number of sulfone groups is 2. The van der Waals surface area contributed by atoms with Crippen molar-refractivity contribution in [2.45, 2.75) is 21.3 Å². The summed E-state index contributed by atoms with van der Waals surface area (Å²) in [6.45, 7) is 0. The van der Waals surface area contributed by atoms with Crippen LogP contribution in [0.1, 0.15) is 0 Å². The van der Waals surface area contributed by atoms with Crippen LogP contribution in [0.2, 0.25) is 0 Å². The Morgan fingerprint density at radius 3 is 1.35 bits per heavy atom. The second-order valence-electron chi connectivity index (χ2n) is 4.40. The van der Waals surface area contributed by atoms with Crippen LogP contribution in [0, 0.1) is 0 Å². The number of rotatable bonds is 2. The van der Waals surface area contributed by atoms with Gasteiger partial charge >= 0.3 is 0 Å². The fraction of sp³-hybridized carbons (Fsp3) is 1.00. The zero-order valence-corrected chi connectivity index (χ0v) is 12.7. The van der Waals surface area contributed by atoms with Crippen molar-refractivity contribution in [1.29, 1.82) is 0 Å². The molecule has 0 aromatic carbocycles. The lowest BCUT2D eigenvalue weighted by Gasteiger charge is -2.18. The van der Waals surface area contributed by atoms with Gasteiger partial charge in [-0.1, -0.05) is 0 Å². The summed E-state index contributed by atoms with van der Waals surface area (Å²) in [5.41, 5.74) is 0. The number of alkyl halides is 2. The van der Waals surface area contributed by atoms with Gasteiger partial charge < -0.3 is 0 Å². The zero-order valence-electron chi connectivity index (χ0n) is 8.75. The van der Waals surface area contributed by atoms with Crippen LogP contribution in [0.3, 0.4) is 0 Å². The molecule has 2 aliphatic heterocycles. The first kappa shape index (κ1) is 14.2. The van der Waals surface area contributed by atoms with E-state index in [0.29, 0.717) is 0 Å². The molecule has 2 heterocycles. The Hall–Kier alpha value is 0.830. The smallest absolute Gasteiger partial charge is 0.152 e. The van der Waals surface area contributed by atoms with Crippen LogP contribution in [0.15, 0.2) is 0 Å². The maximum atomic E-state index is 11.4. The molecule has 0 bridgehead atoms. The highest BCUT2D eigenvalue weighted by Crippen LogP contribution is 2.37. The van der Waals surface area contributed by atoms with Crippen LogP contribution >= 0.6 is 35.0 Å². The highest BCUT2D eigenvalue weighted by molar-refractivity contribution is 8.04. The van der Waals surface area contributed by atoms with Gasteiger partial charge in [0.25, 0.3) is 0 Å². The standard InChI is InChI=1S/C8H12Cl2O4S3/c9-5-1-16(11,12)3-7(5)15-8-4-17(13,14)2-6(8)10/h5-8H,1-4H2. The van der Waals surface area contributed by atoms with E-state index in [1.807, 2.05) is 0 Å². The highest BCUT2D eigenvalue weighted by atomic mass is 35.5. The second-order valence-corrected chi connectivity index (χ2v) is 11.3. The van der Waals surface area contributed by atoms with Crippen molar-refractivity contribution in [2.24, 2.45) is 0 Å². The molecule has 9 heteroatoms. The van der Waals surface area contributed by atoms with Crippen molar-refractivity contribution < 1.29 is 16.8 Å². The summed E-state index contributed by atoms with van der Waals surface area (Å²) >= 11 is 13.2. The number of hydrogen-bond acceptors (Lipinski definition) is 5. The van der Waals surface area contributed by atoms with E-state index in [2.05, 4.69) is 0 Å². The minimum atomic E-state index is -3.08. The predicted molar refractivity (Wildman–Crippen MR) is 71.8 cm³/mol. The van der Waals surface area contributed by atoms with E-state index < -0.39 is 30.4 Å². The van der Waals surface area contributed by atoms with Gasteiger partial charge in [-0.05, 0) is 0 Å². The fourth-order valence-corrected chi connectivity index (χ4v) is 10.2. The molecule has 4 atom stereocenters. The van der Waals surface area contributed by atoms with E-state index in [1.54, 1.807) is 0 Å². The Balaban J connectivity index is 2.04. The quantitative estimate of drug-likeness (QED) is 0.687. The van der Waals surface area contributed by atoms with Gasteiger partial charge in [0.1, 0.15) is 0 Å². The lowest BCUT2D eigenvalue weighted by atomic mass is 10.3. The molecule has 0 spiro atoms. The summed E-state index contributed by atoms with van der Waals surface area (Å²) in [6.07, 6.45) is 0. The monoisotopic (exact) mass is 338 g/mol. The third-order valence-electron chi connectivity index (χ3n) is 2.82. The normalized spacial score (nSPS) is 43.9. The van der Waals surface area contributed by atoms with Crippen molar-refractivity contribution in [1.82, 2.24) is 0 Å². The maximum Gasteiger partial charge on any atom is 0.152 e. The van der Waals surface area contributed by atoms with Gasteiger partial charge in [-0.25, -0.2) is 16.8 Å². The molecule has 0 saturated carbocycles. The van der Waals surface area contributed by atoms with Crippen LogP contribution in [0.25, 0.3) is 0 Å². The molecule has 17 heavy (non-hydrogen) atoms. The minimum Gasteiger partial charge on any atom is -0.229 e. The van der Waals surface area contributed by atoms with Crippen molar-refractivity contribution >= 4 is 54.6 Å². The fourth-order valence-electron chi connectivity index (χ4n) is 2.02. The molecular formula is C8H12Cl2O4S3. The van der Waals surface area contributed by atoms with E-state index in [0.717, 1.165) is 0 Å². The van der Waals surface area contributed by atoms with Crippen molar-refractivity contribution in [3.8, 4) is 0 Å². The maximum absolute atomic E-state index is 11.4. The molecule has 0 radical (unpaired) electrons. The first-order valence-electron chi connectivity index (χ1n) is 5.03. The van der Waals surface area contributed by atoms with Crippen LogP contribution < -0.4 is 0 Å². The topological polar surface area (TPSA) is 68.3 Å². The van der Waals surface area contributed by atoms with Crippen LogP contribution in [0.4, 0.5) is 0 Å². The second kappa shape index (κ2) is 4.74. The molecule has 4 unspecified atom stereocenters. The molecule has 2 aliphatic rings. The summed E-state index contributed by atoms with van der Waals surface area (Å²) in [6, 6.07) is 0. The van der Waals surface area contributed by atoms with Gasteiger partial charge in [0.15, 0.2) is 19.7 Å². The third-order valence-corrected chi connectivity index (χ3v) is 9.98. The Labute approximate surface area is 115 Å². The largest absolute Gasteiger partial charge is 0.229 e. The molecule has 2 saturated heterocycles. The van der Waals surface area contributed by atoms with Gasteiger partial charge in [-0.15, -0.1) is 35.0 Å². The first-order chi connectivity index (χ1) is 7.69. The van der Waals surface area contributed by atoms with Gasteiger partial charge in [-0.3, -0.25) is 0 Å². The van der Waals surface area contributed by atoms with Crippen LogP contribution in [-0.2, 0) is 19.7 Å². The molecule has 100 valence electrons. The van der Waals surface area contributed by atoms with Crippen molar-refractivity contribution in [3.05, 3.63) is 0 Å². The predicted octanol–water partition coefficient (Wildman–Crippen LogP) is 0.528. The summed E-state index contributed by atoms with van der Waals surface area (Å²) in [5.74, 6) is -0.0186. The van der Waals surface area contributed by atoms with Gasteiger partial charge in [0, 0.05) is 10.5 Å². The number of hydrogen-bond donors (Lipinski definition) is 0. The molecule has 0 aliphatic carbocycles. The Morgan fingerprint density at radius 2 is 1.12 bits per heavy atom. The first-order valence-corrected chi connectivity index (χ1v) is 10.5. The molecule has 2 rings (SSSR count). The van der Waals surface area contributed by atoms with Crippen LogP contribution in [0.5, 0.6) is 0 Å². The lowest BCUT2D eigenvalue weighted by molar-refractivity contribution is 0.600. The average molecular weight is 339 g/mol. The van der Waals surface area contributed by atoms with Gasteiger partial charge in [-0.2, -0.15) is 0 Å². The third kappa shape index (κ3) is 3.43. The van der Waals surface area contributed by atoms with E-state index >= 15 is 0 Å². The van der Waals surface area contributed by atoms with Crippen molar-refractivity contribution in [2.75, 3.05) is 23.0 Å². The van der Waals surface area contributed by atoms with E-state index in [1.165, 1.54) is 11.8 Å². The molecule has 0 amide bonds. The Kier molecular flexibility index (Phi) is 3.97. The molecular weight excluding hydrogens is 327 g/mol. The Bertz CT molecular complexity index is 455. The molecule has 4 nitrogen and oxygen atoms in total.